The quantitative estimate of drug-likeness (QED) is 0.305. The Labute approximate surface area is 210 Å². The van der Waals surface area contributed by atoms with Crippen LogP contribution in [0.5, 0.6) is 0 Å². The highest BCUT2D eigenvalue weighted by Crippen LogP contribution is 2.34. The molecule has 2 aromatic heterocycles. The van der Waals surface area contributed by atoms with Crippen molar-refractivity contribution in [1.82, 2.24) is 19.9 Å². The van der Waals surface area contributed by atoms with Crippen molar-refractivity contribution in [2.24, 2.45) is 0 Å². The average Bonchev–Trinajstić information content (AvgIpc) is 3.20. The molecule has 3 aromatic carbocycles. The lowest BCUT2D eigenvalue weighted by atomic mass is 9.95. The summed E-state index contributed by atoms with van der Waals surface area (Å²) in [6.07, 6.45) is 4.79. The van der Waals surface area contributed by atoms with E-state index >= 15 is 0 Å². The fraction of sp³-hybridized carbons (Fsp3) is 0.200. The van der Waals surface area contributed by atoms with Crippen molar-refractivity contribution >= 4 is 39.3 Å². The monoisotopic (exact) mass is 474 g/mol. The maximum absolute atomic E-state index is 5.98. The average molecular weight is 475 g/mol. The molecule has 0 aliphatic heterocycles. The van der Waals surface area contributed by atoms with Gasteiger partial charge >= 0.3 is 0 Å². The molecule has 0 atom stereocenters. The van der Waals surface area contributed by atoms with Gasteiger partial charge in [-0.3, -0.25) is 0 Å². The zero-order valence-corrected chi connectivity index (χ0v) is 20.3. The smallest absolute Gasteiger partial charge is 0.222 e. The van der Waals surface area contributed by atoms with E-state index in [4.69, 9.17) is 11.5 Å². The number of nitrogens with two attached hydrogens (primary N) is 2. The van der Waals surface area contributed by atoms with Crippen molar-refractivity contribution in [3.05, 3.63) is 101 Å². The Balaban J connectivity index is 1.27. The molecule has 5 aromatic rings. The zero-order valence-electron chi connectivity index (χ0n) is 20.3. The second kappa shape index (κ2) is 9.04. The Morgan fingerprint density at radius 1 is 0.889 bits per heavy atom. The van der Waals surface area contributed by atoms with Crippen molar-refractivity contribution in [2.75, 3.05) is 11.5 Å². The Morgan fingerprint density at radius 3 is 2.58 bits per heavy atom. The van der Waals surface area contributed by atoms with Crippen molar-refractivity contribution in [3.8, 4) is 0 Å². The van der Waals surface area contributed by atoms with Gasteiger partial charge in [-0.25, -0.2) is 4.98 Å². The Hall–Kier alpha value is -4.32. The van der Waals surface area contributed by atoms with Gasteiger partial charge in [0.05, 0.1) is 5.52 Å². The van der Waals surface area contributed by atoms with E-state index in [1.54, 1.807) is 0 Å². The number of nitrogens with zero attached hydrogens (tertiary/aromatic N) is 3. The minimum absolute atomic E-state index is 0.186. The first-order valence-electron chi connectivity index (χ1n) is 12.5. The maximum Gasteiger partial charge on any atom is 0.222 e. The predicted octanol–water partition coefficient (Wildman–Crippen LogP) is 5.44. The third kappa shape index (κ3) is 4.05. The van der Waals surface area contributed by atoms with Crippen LogP contribution in [0.3, 0.4) is 0 Å². The lowest BCUT2D eigenvalue weighted by Crippen LogP contribution is -2.11. The first kappa shape index (κ1) is 22.2. The molecule has 0 spiro atoms. The van der Waals surface area contributed by atoms with Crippen LogP contribution >= 0.6 is 0 Å². The van der Waals surface area contributed by atoms with Crippen LogP contribution < -0.4 is 16.8 Å². The van der Waals surface area contributed by atoms with E-state index < -0.39 is 0 Å². The second-order valence-electron chi connectivity index (χ2n) is 9.59. The maximum atomic E-state index is 5.98. The van der Waals surface area contributed by atoms with Crippen molar-refractivity contribution in [3.63, 3.8) is 0 Å². The summed E-state index contributed by atoms with van der Waals surface area (Å²) in [5, 5.41) is 5.66. The van der Waals surface area contributed by atoms with Crippen LogP contribution in [0, 0.1) is 0 Å². The molecule has 0 bridgehead atoms. The van der Waals surface area contributed by atoms with Gasteiger partial charge in [-0.15, -0.1) is 0 Å². The molecular weight excluding hydrogens is 444 g/mol. The van der Waals surface area contributed by atoms with Gasteiger partial charge in [0.15, 0.2) is 0 Å². The molecule has 6 rings (SSSR count). The molecule has 6 nitrogen and oxygen atoms in total. The minimum atomic E-state index is 0.186. The van der Waals surface area contributed by atoms with E-state index in [1.807, 2.05) is 18.2 Å². The number of rotatable bonds is 6. The van der Waals surface area contributed by atoms with E-state index in [9.17, 15) is 0 Å². The van der Waals surface area contributed by atoms with Gasteiger partial charge in [0.2, 0.25) is 5.95 Å². The van der Waals surface area contributed by atoms with Gasteiger partial charge in [0.1, 0.15) is 5.82 Å². The zero-order chi connectivity index (χ0) is 24.6. The number of nitrogens with one attached hydrogen (secondary N) is 1. The summed E-state index contributed by atoms with van der Waals surface area (Å²) < 4.78 is 2.52. The number of fused-ring (bicyclic) bond motifs is 4. The summed E-state index contributed by atoms with van der Waals surface area (Å²) in [5.74, 6) is 0.586. The van der Waals surface area contributed by atoms with Gasteiger partial charge in [-0.05, 0) is 72.2 Å². The molecule has 6 heteroatoms. The SMILES string of the molecule is C=C(NCc1ccc2c(N)nc(N)nc2c1)c1ccc2c(c1)c1c(n2Cc2ccccc2)CCCC1. The van der Waals surface area contributed by atoms with Gasteiger partial charge in [0.25, 0.3) is 0 Å². The van der Waals surface area contributed by atoms with Crippen molar-refractivity contribution in [1.29, 1.82) is 0 Å². The number of benzene rings is 3. The third-order valence-electron chi connectivity index (χ3n) is 7.22. The predicted molar refractivity (Wildman–Crippen MR) is 148 cm³/mol. The largest absolute Gasteiger partial charge is 0.383 e. The van der Waals surface area contributed by atoms with Crippen LogP contribution in [-0.4, -0.2) is 14.5 Å². The van der Waals surface area contributed by atoms with Crippen LogP contribution in [0.4, 0.5) is 11.8 Å². The summed E-state index contributed by atoms with van der Waals surface area (Å²) in [5.41, 5.74) is 21.2. The van der Waals surface area contributed by atoms with E-state index in [2.05, 4.69) is 75.0 Å². The molecule has 180 valence electrons. The van der Waals surface area contributed by atoms with Crippen LogP contribution in [0.2, 0.25) is 0 Å². The van der Waals surface area contributed by atoms with Crippen molar-refractivity contribution < 1.29 is 0 Å². The Bertz CT molecular complexity index is 1600. The molecule has 0 fully saturated rings. The number of hydrogen-bond donors (Lipinski definition) is 3. The summed E-state index contributed by atoms with van der Waals surface area (Å²) in [6, 6.07) is 23.5. The van der Waals surface area contributed by atoms with E-state index in [-0.39, 0.29) is 5.95 Å². The first-order chi connectivity index (χ1) is 17.6. The first-order valence-corrected chi connectivity index (χ1v) is 12.5. The molecule has 2 heterocycles. The van der Waals surface area contributed by atoms with Crippen LogP contribution in [0.1, 0.15) is 40.8 Å². The summed E-state index contributed by atoms with van der Waals surface area (Å²) in [7, 11) is 0. The Kier molecular flexibility index (Phi) is 5.56. The molecule has 1 aliphatic carbocycles. The highest BCUT2D eigenvalue weighted by atomic mass is 15.0. The minimum Gasteiger partial charge on any atom is -0.383 e. The molecule has 0 saturated heterocycles. The highest BCUT2D eigenvalue weighted by Gasteiger charge is 2.20. The molecule has 0 saturated carbocycles. The van der Waals surface area contributed by atoms with Crippen LogP contribution in [0.25, 0.3) is 27.5 Å². The van der Waals surface area contributed by atoms with Gasteiger partial charge < -0.3 is 21.4 Å². The number of aryl methyl sites for hydroxylation is 1. The van der Waals surface area contributed by atoms with E-state index in [0.717, 1.165) is 47.1 Å². The number of aromatic nitrogens is 3. The normalized spacial score (nSPS) is 13.1. The van der Waals surface area contributed by atoms with Gasteiger partial charge in [0, 0.05) is 40.8 Å². The fourth-order valence-electron chi connectivity index (χ4n) is 5.41. The van der Waals surface area contributed by atoms with E-state index in [1.165, 1.54) is 40.6 Å². The topological polar surface area (TPSA) is 94.8 Å². The summed E-state index contributed by atoms with van der Waals surface area (Å²) in [6.45, 7) is 5.88. The number of anilines is 2. The molecule has 0 unspecified atom stereocenters. The summed E-state index contributed by atoms with van der Waals surface area (Å²) >= 11 is 0. The van der Waals surface area contributed by atoms with Crippen molar-refractivity contribution in [2.45, 2.75) is 38.8 Å². The fourth-order valence-corrected chi connectivity index (χ4v) is 5.41. The lowest BCUT2D eigenvalue weighted by molar-refractivity contribution is 0.638. The lowest BCUT2D eigenvalue weighted by Gasteiger charge is -2.16. The molecule has 0 amide bonds. The molecule has 0 radical (unpaired) electrons. The molecule has 5 N–H and O–H groups in total. The third-order valence-corrected chi connectivity index (χ3v) is 7.22. The highest BCUT2D eigenvalue weighted by molar-refractivity contribution is 5.90. The summed E-state index contributed by atoms with van der Waals surface area (Å²) in [4.78, 5) is 8.36. The molecular formula is C30H30N6. The second-order valence-corrected chi connectivity index (χ2v) is 9.59. The molecule has 36 heavy (non-hydrogen) atoms. The number of hydrogen-bond acceptors (Lipinski definition) is 5. The number of nitrogen functional groups attached to an aromatic ring is 2. The van der Waals surface area contributed by atoms with Gasteiger partial charge in [-0.1, -0.05) is 49.0 Å². The van der Waals surface area contributed by atoms with Crippen LogP contribution in [0.15, 0.2) is 73.3 Å². The standard InChI is InChI=1S/C30H30N6/c1-19(33-17-21-11-13-24-26(15-21)34-30(32)35-29(24)31)22-12-14-28-25(16-22)23-9-5-6-10-27(23)36(28)18-20-7-3-2-4-8-20/h2-4,7-8,11-16,33H,1,5-6,9-10,17-18H2,(H4,31,32,34,35). The Morgan fingerprint density at radius 2 is 1.72 bits per heavy atom. The molecule has 1 aliphatic rings. The van der Waals surface area contributed by atoms with Gasteiger partial charge in [-0.2, -0.15) is 4.98 Å². The van der Waals surface area contributed by atoms with E-state index in [0.29, 0.717) is 12.4 Å². The van der Waals surface area contributed by atoms with Crippen LogP contribution in [-0.2, 0) is 25.9 Å².